The van der Waals surface area contributed by atoms with Crippen molar-refractivity contribution in [1.29, 1.82) is 0 Å². The van der Waals surface area contributed by atoms with Crippen LogP contribution < -0.4 is 5.73 Å². The number of benzene rings is 1. The van der Waals surface area contributed by atoms with Crippen molar-refractivity contribution in [2.24, 2.45) is 5.73 Å². The predicted molar refractivity (Wildman–Crippen MR) is 58.9 cm³/mol. The number of hydrogen-bond acceptors (Lipinski definition) is 2. The molecule has 2 unspecified atom stereocenters. The van der Waals surface area contributed by atoms with E-state index in [0.717, 1.165) is 12.8 Å². The molecule has 0 aliphatic rings. The van der Waals surface area contributed by atoms with Crippen LogP contribution in [0.25, 0.3) is 0 Å². The summed E-state index contributed by atoms with van der Waals surface area (Å²) in [6.45, 7) is 3.51. The van der Waals surface area contributed by atoms with E-state index in [4.69, 9.17) is 5.73 Å². The monoisotopic (exact) mass is 191 g/mol. The topological polar surface area (TPSA) is 46.2 Å². The Morgan fingerprint density at radius 2 is 2.00 bits per heavy atom. The van der Waals surface area contributed by atoms with Gasteiger partial charge in [-0.15, -0.1) is 6.58 Å². The SMILES string of the molecule is C=CC(O)C(N)CCc1ccccc1. The Labute approximate surface area is 85.1 Å². The van der Waals surface area contributed by atoms with Gasteiger partial charge in [0, 0.05) is 6.04 Å². The van der Waals surface area contributed by atoms with Crippen LogP contribution in [0.15, 0.2) is 43.0 Å². The second kappa shape index (κ2) is 5.58. The Morgan fingerprint density at radius 1 is 1.36 bits per heavy atom. The molecule has 0 aliphatic carbocycles. The van der Waals surface area contributed by atoms with Crippen LogP contribution in [0.4, 0.5) is 0 Å². The van der Waals surface area contributed by atoms with Gasteiger partial charge < -0.3 is 10.8 Å². The van der Waals surface area contributed by atoms with Crippen molar-refractivity contribution in [3.05, 3.63) is 48.6 Å². The summed E-state index contributed by atoms with van der Waals surface area (Å²) in [5.74, 6) is 0. The second-order valence-corrected chi connectivity index (χ2v) is 3.41. The van der Waals surface area contributed by atoms with Crippen LogP contribution in [0.3, 0.4) is 0 Å². The fourth-order valence-corrected chi connectivity index (χ4v) is 1.32. The van der Waals surface area contributed by atoms with Gasteiger partial charge in [0.1, 0.15) is 0 Å². The third kappa shape index (κ3) is 3.32. The molecule has 1 aromatic rings. The molecule has 2 nitrogen and oxygen atoms in total. The molecule has 2 atom stereocenters. The lowest BCUT2D eigenvalue weighted by Crippen LogP contribution is -2.33. The van der Waals surface area contributed by atoms with Crippen molar-refractivity contribution in [1.82, 2.24) is 0 Å². The predicted octanol–water partition coefficient (Wildman–Crippen LogP) is 1.49. The van der Waals surface area contributed by atoms with Crippen molar-refractivity contribution in [3.63, 3.8) is 0 Å². The number of aliphatic hydroxyl groups excluding tert-OH is 1. The Balaban J connectivity index is 2.37. The first-order chi connectivity index (χ1) is 6.74. The number of rotatable bonds is 5. The van der Waals surface area contributed by atoms with Crippen LogP contribution in [-0.2, 0) is 6.42 Å². The van der Waals surface area contributed by atoms with Crippen LogP contribution in [0, 0.1) is 0 Å². The van der Waals surface area contributed by atoms with Gasteiger partial charge in [0.15, 0.2) is 0 Å². The third-order valence-electron chi connectivity index (χ3n) is 2.29. The fourth-order valence-electron chi connectivity index (χ4n) is 1.32. The standard InChI is InChI=1S/C12H17NO/c1-2-12(14)11(13)9-8-10-6-4-3-5-7-10/h2-7,11-12,14H,1,8-9,13H2. The largest absolute Gasteiger partial charge is 0.387 e. The van der Waals surface area contributed by atoms with E-state index >= 15 is 0 Å². The first-order valence-corrected chi connectivity index (χ1v) is 4.84. The van der Waals surface area contributed by atoms with E-state index in [1.165, 1.54) is 11.6 Å². The summed E-state index contributed by atoms with van der Waals surface area (Å²) in [4.78, 5) is 0. The zero-order valence-corrected chi connectivity index (χ0v) is 8.26. The summed E-state index contributed by atoms with van der Waals surface area (Å²) in [6.07, 6.45) is 2.55. The maximum absolute atomic E-state index is 9.36. The third-order valence-corrected chi connectivity index (χ3v) is 2.29. The Kier molecular flexibility index (Phi) is 4.36. The molecule has 1 aromatic carbocycles. The highest BCUT2D eigenvalue weighted by atomic mass is 16.3. The van der Waals surface area contributed by atoms with E-state index in [2.05, 4.69) is 18.7 Å². The highest BCUT2D eigenvalue weighted by Gasteiger charge is 2.10. The molecule has 1 rings (SSSR count). The summed E-state index contributed by atoms with van der Waals surface area (Å²) < 4.78 is 0. The van der Waals surface area contributed by atoms with E-state index < -0.39 is 6.10 Å². The molecule has 76 valence electrons. The summed E-state index contributed by atoms with van der Waals surface area (Å²) in [7, 11) is 0. The lowest BCUT2D eigenvalue weighted by atomic mass is 10.0. The molecule has 0 fully saturated rings. The Bertz CT molecular complexity index is 271. The van der Waals surface area contributed by atoms with E-state index in [-0.39, 0.29) is 6.04 Å². The van der Waals surface area contributed by atoms with Crippen LogP contribution in [0.2, 0.25) is 0 Å². The van der Waals surface area contributed by atoms with Crippen LogP contribution in [0.1, 0.15) is 12.0 Å². The van der Waals surface area contributed by atoms with Crippen LogP contribution >= 0.6 is 0 Å². The van der Waals surface area contributed by atoms with E-state index in [0.29, 0.717) is 0 Å². The summed E-state index contributed by atoms with van der Waals surface area (Å²) in [5, 5.41) is 9.36. The van der Waals surface area contributed by atoms with E-state index in [1.54, 1.807) is 0 Å². The van der Waals surface area contributed by atoms with Gasteiger partial charge in [-0.2, -0.15) is 0 Å². The lowest BCUT2D eigenvalue weighted by molar-refractivity contribution is 0.187. The van der Waals surface area contributed by atoms with Gasteiger partial charge in [0.25, 0.3) is 0 Å². The number of aryl methyl sites for hydroxylation is 1. The number of aliphatic hydroxyl groups is 1. The molecule has 0 radical (unpaired) electrons. The molecular weight excluding hydrogens is 174 g/mol. The minimum absolute atomic E-state index is 0.215. The van der Waals surface area contributed by atoms with Gasteiger partial charge in [-0.3, -0.25) is 0 Å². The quantitative estimate of drug-likeness (QED) is 0.693. The molecule has 0 amide bonds. The van der Waals surface area contributed by atoms with Gasteiger partial charge in [0.2, 0.25) is 0 Å². The van der Waals surface area contributed by atoms with E-state index in [1.807, 2.05) is 18.2 Å². The van der Waals surface area contributed by atoms with Crippen molar-refractivity contribution in [3.8, 4) is 0 Å². The summed E-state index contributed by atoms with van der Waals surface area (Å²) >= 11 is 0. The first-order valence-electron chi connectivity index (χ1n) is 4.84. The zero-order chi connectivity index (χ0) is 10.4. The summed E-state index contributed by atoms with van der Waals surface area (Å²) in [5.41, 5.74) is 7.00. The highest BCUT2D eigenvalue weighted by Crippen LogP contribution is 2.06. The van der Waals surface area contributed by atoms with Crippen LogP contribution in [0.5, 0.6) is 0 Å². The molecule has 0 saturated heterocycles. The van der Waals surface area contributed by atoms with Gasteiger partial charge >= 0.3 is 0 Å². The molecule has 0 aromatic heterocycles. The molecule has 0 spiro atoms. The minimum atomic E-state index is -0.598. The molecule has 2 heteroatoms. The molecule has 0 saturated carbocycles. The maximum Gasteiger partial charge on any atom is 0.0869 e. The number of hydrogen-bond donors (Lipinski definition) is 2. The normalized spacial score (nSPS) is 14.7. The molecule has 0 aliphatic heterocycles. The van der Waals surface area contributed by atoms with Gasteiger partial charge in [-0.05, 0) is 18.4 Å². The number of nitrogens with two attached hydrogens (primary N) is 1. The van der Waals surface area contributed by atoms with Crippen molar-refractivity contribution in [2.45, 2.75) is 25.0 Å². The van der Waals surface area contributed by atoms with Gasteiger partial charge in [0.05, 0.1) is 6.10 Å². The van der Waals surface area contributed by atoms with Crippen molar-refractivity contribution in [2.75, 3.05) is 0 Å². The Morgan fingerprint density at radius 3 is 2.57 bits per heavy atom. The molecule has 0 bridgehead atoms. The highest BCUT2D eigenvalue weighted by molar-refractivity contribution is 5.14. The van der Waals surface area contributed by atoms with Crippen LogP contribution in [-0.4, -0.2) is 17.3 Å². The maximum atomic E-state index is 9.36. The zero-order valence-electron chi connectivity index (χ0n) is 8.26. The fraction of sp³-hybridized carbons (Fsp3) is 0.333. The molecular formula is C12H17NO. The second-order valence-electron chi connectivity index (χ2n) is 3.41. The average molecular weight is 191 g/mol. The van der Waals surface area contributed by atoms with Crippen molar-refractivity contribution < 1.29 is 5.11 Å². The van der Waals surface area contributed by atoms with Gasteiger partial charge in [-0.1, -0.05) is 36.4 Å². The van der Waals surface area contributed by atoms with Gasteiger partial charge in [-0.25, -0.2) is 0 Å². The van der Waals surface area contributed by atoms with Crippen molar-refractivity contribution >= 4 is 0 Å². The molecule has 0 heterocycles. The Hall–Kier alpha value is -1.12. The van der Waals surface area contributed by atoms with E-state index in [9.17, 15) is 5.11 Å². The molecule has 3 N–H and O–H groups in total. The lowest BCUT2D eigenvalue weighted by Gasteiger charge is -2.14. The molecule has 14 heavy (non-hydrogen) atoms. The first kappa shape index (κ1) is 11.0. The average Bonchev–Trinajstić information content (AvgIpc) is 2.26. The summed E-state index contributed by atoms with van der Waals surface area (Å²) in [6, 6.07) is 9.91. The minimum Gasteiger partial charge on any atom is -0.387 e. The smallest absolute Gasteiger partial charge is 0.0869 e.